The number of carbonyl (C=O) groups excluding carboxylic acids is 1. The lowest BCUT2D eigenvalue weighted by atomic mass is 10.0. The van der Waals surface area contributed by atoms with E-state index in [1.165, 1.54) is 0 Å². The van der Waals surface area contributed by atoms with Gasteiger partial charge in [-0.15, -0.1) is 0 Å². The molecule has 2 aromatic rings. The summed E-state index contributed by atoms with van der Waals surface area (Å²) >= 11 is 6.14. The molecule has 3 heterocycles. The molecule has 0 saturated carbocycles. The van der Waals surface area contributed by atoms with Crippen LogP contribution in [0.1, 0.15) is 42.2 Å². The third-order valence-electron chi connectivity index (χ3n) is 5.96. The van der Waals surface area contributed by atoms with Crippen LogP contribution < -0.4 is 0 Å². The summed E-state index contributed by atoms with van der Waals surface area (Å²) in [5, 5.41) is 5.11. The molecule has 0 aliphatic carbocycles. The lowest BCUT2D eigenvalue weighted by Gasteiger charge is -2.37. The summed E-state index contributed by atoms with van der Waals surface area (Å²) in [6.07, 6.45) is 2.34. The molecule has 1 atom stereocenters. The van der Waals surface area contributed by atoms with Crippen LogP contribution in [0.4, 0.5) is 0 Å². The van der Waals surface area contributed by atoms with Crippen LogP contribution >= 0.6 is 11.6 Å². The van der Waals surface area contributed by atoms with Gasteiger partial charge in [0.05, 0.1) is 34.6 Å². The number of rotatable bonds is 4. The molecule has 1 amide bonds. The number of sulfone groups is 1. The zero-order chi connectivity index (χ0) is 21.5. The predicted octanol–water partition coefficient (Wildman–Crippen LogP) is 2.59. The van der Waals surface area contributed by atoms with Gasteiger partial charge in [0, 0.05) is 37.2 Å². The first-order valence-electron chi connectivity index (χ1n) is 10.3. The van der Waals surface area contributed by atoms with Gasteiger partial charge in [0.2, 0.25) is 0 Å². The molecule has 1 unspecified atom stereocenters. The van der Waals surface area contributed by atoms with Crippen molar-refractivity contribution in [3.05, 3.63) is 46.7 Å². The Bertz CT molecular complexity index is 1040. The molecule has 7 nitrogen and oxygen atoms in total. The molecule has 0 bridgehead atoms. The first-order valence-corrected chi connectivity index (χ1v) is 12.5. The summed E-state index contributed by atoms with van der Waals surface area (Å²) in [4.78, 5) is 17.4. The van der Waals surface area contributed by atoms with E-state index >= 15 is 0 Å². The molecule has 0 radical (unpaired) electrons. The number of carbonyl (C=O) groups is 1. The highest BCUT2D eigenvalue weighted by atomic mass is 35.5. The largest absolute Gasteiger partial charge is 0.336 e. The number of piperazine rings is 1. The van der Waals surface area contributed by atoms with E-state index in [9.17, 15) is 13.2 Å². The van der Waals surface area contributed by atoms with Crippen LogP contribution in [0.2, 0.25) is 5.02 Å². The molecule has 1 aromatic carbocycles. The number of hydrogen-bond donors (Lipinski definition) is 0. The summed E-state index contributed by atoms with van der Waals surface area (Å²) in [7, 11) is -2.90. The van der Waals surface area contributed by atoms with Crippen LogP contribution in [0.15, 0.2) is 30.5 Å². The molecule has 2 saturated heterocycles. The molecule has 1 aromatic heterocycles. The van der Waals surface area contributed by atoms with Gasteiger partial charge in [-0.3, -0.25) is 9.69 Å². The number of aromatic nitrogens is 2. The zero-order valence-electron chi connectivity index (χ0n) is 17.3. The van der Waals surface area contributed by atoms with Crippen molar-refractivity contribution in [3.8, 4) is 5.69 Å². The Morgan fingerprint density at radius 2 is 1.93 bits per heavy atom. The Kier molecular flexibility index (Phi) is 5.92. The summed E-state index contributed by atoms with van der Waals surface area (Å²) in [5.74, 6) is 0.600. The topological polar surface area (TPSA) is 75.5 Å². The number of hydrogen-bond acceptors (Lipinski definition) is 5. The number of amides is 1. The van der Waals surface area contributed by atoms with Crippen molar-refractivity contribution in [3.63, 3.8) is 0 Å². The second-order valence-electron chi connectivity index (χ2n) is 8.37. The van der Waals surface area contributed by atoms with Crippen LogP contribution in [0, 0.1) is 0 Å². The number of nitrogens with zero attached hydrogens (tertiary/aromatic N) is 4. The van der Waals surface area contributed by atoms with E-state index in [2.05, 4.69) is 10.00 Å². The van der Waals surface area contributed by atoms with Gasteiger partial charge >= 0.3 is 0 Å². The van der Waals surface area contributed by atoms with Crippen LogP contribution in [0.25, 0.3) is 5.69 Å². The van der Waals surface area contributed by atoms with E-state index in [1.54, 1.807) is 10.9 Å². The lowest BCUT2D eigenvalue weighted by Crippen LogP contribution is -2.52. The Hall–Kier alpha value is -1.90. The number of halogens is 1. The fraction of sp³-hybridized carbons (Fsp3) is 0.524. The molecule has 30 heavy (non-hydrogen) atoms. The van der Waals surface area contributed by atoms with Crippen LogP contribution in [-0.4, -0.2) is 77.6 Å². The lowest BCUT2D eigenvalue weighted by molar-refractivity contribution is 0.0586. The quantitative estimate of drug-likeness (QED) is 0.715. The minimum absolute atomic E-state index is 0.0225. The Balaban J connectivity index is 1.50. The van der Waals surface area contributed by atoms with Crippen LogP contribution in [0.3, 0.4) is 0 Å². The standard InChI is InChI=1S/C21H27ClN4O3S/c1-15(2)20-19(13-23-26(20)17-5-3-4-16(22)12-17)21(27)25-9-7-24(8-10-25)18-6-11-30(28,29)14-18/h3-5,12-13,15,18H,6-11,14H2,1-2H3. The number of benzene rings is 1. The Morgan fingerprint density at radius 3 is 2.53 bits per heavy atom. The fourth-order valence-corrected chi connectivity index (χ4v) is 6.36. The summed E-state index contributed by atoms with van der Waals surface area (Å²) in [6.45, 7) is 6.68. The predicted molar refractivity (Wildman–Crippen MR) is 117 cm³/mol. The third-order valence-corrected chi connectivity index (χ3v) is 7.95. The maximum Gasteiger partial charge on any atom is 0.257 e. The van der Waals surface area contributed by atoms with Gasteiger partial charge in [-0.25, -0.2) is 13.1 Å². The van der Waals surface area contributed by atoms with Gasteiger partial charge in [0.25, 0.3) is 5.91 Å². The monoisotopic (exact) mass is 450 g/mol. The molecule has 162 valence electrons. The molecular formula is C21H27ClN4O3S. The van der Waals surface area contributed by atoms with Crippen molar-refractivity contribution < 1.29 is 13.2 Å². The van der Waals surface area contributed by atoms with Crippen molar-refractivity contribution in [2.75, 3.05) is 37.7 Å². The molecule has 9 heteroatoms. The third kappa shape index (κ3) is 4.26. The first kappa shape index (κ1) is 21.3. The summed E-state index contributed by atoms with van der Waals surface area (Å²) < 4.78 is 25.3. The maximum absolute atomic E-state index is 13.3. The molecule has 4 rings (SSSR count). The second kappa shape index (κ2) is 8.32. The minimum atomic E-state index is -2.90. The SMILES string of the molecule is CC(C)c1c(C(=O)N2CCN(C3CCS(=O)(=O)C3)CC2)cnn1-c1cccc(Cl)c1. The van der Waals surface area contributed by atoms with Gasteiger partial charge in [-0.1, -0.05) is 31.5 Å². The van der Waals surface area contributed by atoms with Crippen molar-refractivity contribution in [2.45, 2.75) is 32.2 Å². The zero-order valence-corrected chi connectivity index (χ0v) is 18.9. The van der Waals surface area contributed by atoms with E-state index in [-0.39, 0.29) is 29.4 Å². The van der Waals surface area contributed by atoms with Crippen molar-refractivity contribution >= 4 is 27.3 Å². The van der Waals surface area contributed by atoms with E-state index in [0.717, 1.165) is 11.4 Å². The van der Waals surface area contributed by atoms with Crippen LogP contribution in [0.5, 0.6) is 0 Å². The molecule has 2 aliphatic rings. The average Bonchev–Trinajstić information content (AvgIpc) is 3.31. The average molecular weight is 451 g/mol. The van der Waals surface area contributed by atoms with Gasteiger partial charge < -0.3 is 4.90 Å². The van der Waals surface area contributed by atoms with E-state index in [1.807, 2.05) is 43.0 Å². The normalized spacial score (nSPS) is 22.0. The summed E-state index contributed by atoms with van der Waals surface area (Å²) in [6, 6.07) is 7.53. The molecule has 0 spiro atoms. The molecular weight excluding hydrogens is 424 g/mol. The van der Waals surface area contributed by atoms with Gasteiger partial charge in [0.1, 0.15) is 0 Å². The highest BCUT2D eigenvalue weighted by molar-refractivity contribution is 7.91. The van der Waals surface area contributed by atoms with Crippen molar-refractivity contribution in [1.82, 2.24) is 19.6 Å². The van der Waals surface area contributed by atoms with Crippen molar-refractivity contribution in [2.24, 2.45) is 0 Å². The smallest absolute Gasteiger partial charge is 0.257 e. The Labute approximate surface area is 182 Å². The van der Waals surface area contributed by atoms with Gasteiger partial charge in [-0.2, -0.15) is 5.10 Å². The van der Waals surface area contributed by atoms with Gasteiger partial charge in [-0.05, 0) is 30.5 Å². The first-order chi connectivity index (χ1) is 14.2. The highest BCUT2D eigenvalue weighted by Crippen LogP contribution is 2.26. The van der Waals surface area contributed by atoms with E-state index < -0.39 is 9.84 Å². The molecule has 2 aliphatic heterocycles. The molecule has 2 fully saturated rings. The van der Waals surface area contributed by atoms with E-state index in [0.29, 0.717) is 43.2 Å². The van der Waals surface area contributed by atoms with Crippen LogP contribution in [-0.2, 0) is 9.84 Å². The highest BCUT2D eigenvalue weighted by Gasteiger charge is 2.35. The maximum atomic E-state index is 13.3. The summed E-state index contributed by atoms with van der Waals surface area (Å²) in [5.41, 5.74) is 2.31. The minimum Gasteiger partial charge on any atom is -0.336 e. The van der Waals surface area contributed by atoms with Crippen molar-refractivity contribution in [1.29, 1.82) is 0 Å². The molecule has 0 N–H and O–H groups in total. The fourth-order valence-electron chi connectivity index (χ4n) is 4.42. The second-order valence-corrected chi connectivity index (χ2v) is 11.0. The van der Waals surface area contributed by atoms with Gasteiger partial charge in [0.15, 0.2) is 9.84 Å². The Morgan fingerprint density at radius 1 is 1.20 bits per heavy atom. The van der Waals surface area contributed by atoms with E-state index in [4.69, 9.17) is 11.6 Å².